The third-order valence-electron chi connectivity index (χ3n) is 3.38. The highest BCUT2D eigenvalue weighted by Gasteiger charge is 2.18. The van der Waals surface area contributed by atoms with Crippen LogP contribution in [0.4, 0.5) is 10.1 Å². The third kappa shape index (κ3) is 4.55. The van der Waals surface area contributed by atoms with Gasteiger partial charge in [-0.25, -0.2) is 9.37 Å². The van der Waals surface area contributed by atoms with Crippen molar-refractivity contribution in [3.8, 4) is 11.4 Å². The molecule has 0 aliphatic carbocycles. The van der Waals surface area contributed by atoms with Gasteiger partial charge in [0.25, 0.3) is 0 Å². The van der Waals surface area contributed by atoms with Crippen LogP contribution in [0.1, 0.15) is 6.92 Å². The van der Waals surface area contributed by atoms with Gasteiger partial charge < -0.3 is 5.32 Å². The minimum Gasteiger partial charge on any atom is -0.325 e. The number of anilines is 1. The number of halogens is 3. The molecule has 0 fully saturated rings. The summed E-state index contributed by atoms with van der Waals surface area (Å²) >= 11 is 13.0. The van der Waals surface area contributed by atoms with Gasteiger partial charge >= 0.3 is 0 Å². The van der Waals surface area contributed by atoms with Crippen LogP contribution < -0.4 is 5.32 Å². The van der Waals surface area contributed by atoms with Crippen LogP contribution in [0, 0.1) is 5.82 Å². The highest BCUT2D eigenvalue weighted by Crippen LogP contribution is 2.26. The molecule has 1 amide bonds. The quantitative estimate of drug-likeness (QED) is 0.578. The Hall–Kier alpha value is -2.09. The maximum Gasteiger partial charge on any atom is 0.237 e. The predicted molar refractivity (Wildman–Crippen MR) is 102 cm³/mol. The zero-order valence-electron chi connectivity index (χ0n) is 13.5. The zero-order chi connectivity index (χ0) is 18.7. The molecule has 1 atom stereocenters. The van der Waals surface area contributed by atoms with Gasteiger partial charge in [-0.15, -0.1) is 5.10 Å². The van der Waals surface area contributed by atoms with Gasteiger partial charge in [0.05, 0.1) is 10.8 Å². The predicted octanol–water partition coefficient (Wildman–Crippen LogP) is 5.04. The number of nitrogens with one attached hydrogen (secondary N) is 2. The average Bonchev–Trinajstić information content (AvgIpc) is 3.02. The summed E-state index contributed by atoms with van der Waals surface area (Å²) in [5, 5.41) is 10.2. The zero-order valence-corrected chi connectivity index (χ0v) is 15.8. The lowest BCUT2D eigenvalue weighted by Gasteiger charge is -2.10. The van der Waals surface area contributed by atoms with E-state index < -0.39 is 11.1 Å². The lowest BCUT2D eigenvalue weighted by atomic mass is 10.2. The molecule has 5 nitrogen and oxygen atoms in total. The minimum atomic E-state index is -0.489. The van der Waals surface area contributed by atoms with Crippen molar-refractivity contribution in [2.45, 2.75) is 17.3 Å². The highest BCUT2D eigenvalue weighted by molar-refractivity contribution is 8.00. The van der Waals surface area contributed by atoms with E-state index in [1.54, 1.807) is 43.3 Å². The van der Waals surface area contributed by atoms with Crippen molar-refractivity contribution in [3.63, 3.8) is 0 Å². The minimum absolute atomic E-state index is 0.259. The van der Waals surface area contributed by atoms with Crippen LogP contribution in [0.5, 0.6) is 0 Å². The number of H-pyrrole nitrogens is 1. The number of hydrogen-bond acceptors (Lipinski definition) is 4. The molecule has 26 heavy (non-hydrogen) atoms. The molecule has 9 heteroatoms. The van der Waals surface area contributed by atoms with E-state index in [0.29, 0.717) is 32.3 Å². The molecule has 3 aromatic rings. The number of nitrogens with zero attached hydrogens (tertiary/aromatic N) is 2. The Kier molecular flexibility index (Phi) is 5.80. The SMILES string of the molecule is C[C@@H](Sc1n[nH]c(-c2ccccc2F)n1)C(=O)Nc1cc(Cl)cc(Cl)c1. The number of amides is 1. The van der Waals surface area contributed by atoms with Crippen LogP contribution in [-0.2, 0) is 4.79 Å². The van der Waals surface area contributed by atoms with Crippen molar-refractivity contribution in [1.29, 1.82) is 0 Å². The number of aromatic amines is 1. The van der Waals surface area contributed by atoms with Gasteiger partial charge in [0, 0.05) is 15.7 Å². The molecule has 0 saturated heterocycles. The lowest BCUT2D eigenvalue weighted by Crippen LogP contribution is -2.22. The fourth-order valence-corrected chi connectivity index (χ4v) is 3.40. The number of carbonyl (C=O) groups is 1. The molecule has 3 rings (SSSR count). The topological polar surface area (TPSA) is 70.7 Å². The maximum absolute atomic E-state index is 13.8. The molecule has 1 aromatic heterocycles. The number of benzene rings is 2. The van der Waals surface area contributed by atoms with E-state index in [2.05, 4.69) is 20.5 Å². The summed E-state index contributed by atoms with van der Waals surface area (Å²) in [6, 6.07) is 11.0. The summed E-state index contributed by atoms with van der Waals surface area (Å²) in [7, 11) is 0. The van der Waals surface area contributed by atoms with Gasteiger partial charge in [-0.2, -0.15) is 0 Å². The molecule has 0 aliphatic rings. The summed E-state index contributed by atoms with van der Waals surface area (Å²) in [5.41, 5.74) is 0.819. The summed E-state index contributed by atoms with van der Waals surface area (Å²) < 4.78 is 13.8. The van der Waals surface area contributed by atoms with E-state index in [1.165, 1.54) is 6.07 Å². The maximum atomic E-state index is 13.8. The average molecular weight is 411 g/mol. The Bertz CT molecular complexity index is 930. The molecule has 0 saturated carbocycles. The van der Waals surface area contributed by atoms with Crippen molar-refractivity contribution in [1.82, 2.24) is 15.2 Å². The van der Waals surface area contributed by atoms with E-state index in [1.807, 2.05) is 0 Å². The molecule has 0 bridgehead atoms. The van der Waals surface area contributed by atoms with Gasteiger partial charge in [-0.05, 0) is 37.3 Å². The van der Waals surface area contributed by atoms with Gasteiger partial charge in [0.2, 0.25) is 11.1 Å². The third-order valence-corrected chi connectivity index (χ3v) is 4.77. The molecule has 0 spiro atoms. The van der Waals surface area contributed by atoms with Crippen molar-refractivity contribution in [2.24, 2.45) is 0 Å². The Balaban J connectivity index is 1.67. The van der Waals surface area contributed by atoms with Crippen LogP contribution in [0.25, 0.3) is 11.4 Å². The second kappa shape index (κ2) is 8.07. The largest absolute Gasteiger partial charge is 0.325 e. The standard InChI is InChI=1S/C17H13Cl2FN4OS/c1-9(16(25)21-12-7-10(18)6-11(19)8-12)26-17-22-15(23-24-17)13-4-2-3-5-14(13)20/h2-9H,1H3,(H,21,25)(H,22,23,24)/t9-/m1/s1. The molecule has 0 radical (unpaired) electrons. The molecule has 1 heterocycles. The molecular weight excluding hydrogens is 398 g/mol. The van der Waals surface area contributed by atoms with Crippen LogP contribution in [0.2, 0.25) is 10.0 Å². The molecular formula is C17H13Cl2FN4OS. The smallest absolute Gasteiger partial charge is 0.237 e. The van der Waals surface area contributed by atoms with E-state index in [4.69, 9.17) is 23.2 Å². The highest BCUT2D eigenvalue weighted by atomic mass is 35.5. The molecule has 2 N–H and O–H groups in total. The number of hydrogen-bond donors (Lipinski definition) is 2. The van der Waals surface area contributed by atoms with Gasteiger partial charge in [-0.3, -0.25) is 9.89 Å². The molecule has 134 valence electrons. The summed E-state index contributed by atoms with van der Waals surface area (Å²) in [5.74, 6) is -0.353. The van der Waals surface area contributed by atoms with Crippen molar-refractivity contribution < 1.29 is 9.18 Å². The number of aromatic nitrogens is 3. The van der Waals surface area contributed by atoms with E-state index in [0.717, 1.165) is 11.8 Å². The Morgan fingerprint density at radius 2 is 1.92 bits per heavy atom. The molecule has 0 aliphatic heterocycles. The normalized spacial score (nSPS) is 12.0. The van der Waals surface area contributed by atoms with E-state index >= 15 is 0 Å². The van der Waals surface area contributed by atoms with Gasteiger partial charge in [0.1, 0.15) is 5.82 Å². The fraction of sp³-hybridized carbons (Fsp3) is 0.118. The first-order valence-electron chi connectivity index (χ1n) is 7.53. The van der Waals surface area contributed by atoms with E-state index in [-0.39, 0.29) is 5.91 Å². The summed E-state index contributed by atoms with van der Waals surface area (Å²) in [6.07, 6.45) is 0. The second-order valence-electron chi connectivity index (χ2n) is 5.35. The summed E-state index contributed by atoms with van der Waals surface area (Å²) in [6.45, 7) is 1.71. The van der Waals surface area contributed by atoms with Crippen molar-refractivity contribution in [2.75, 3.05) is 5.32 Å². The van der Waals surface area contributed by atoms with Gasteiger partial charge in [0.15, 0.2) is 5.82 Å². The molecule has 2 aromatic carbocycles. The molecule has 0 unspecified atom stereocenters. The first kappa shape index (κ1) is 18.7. The van der Waals surface area contributed by atoms with Crippen LogP contribution in [-0.4, -0.2) is 26.3 Å². The van der Waals surface area contributed by atoms with Crippen LogP contribution in [0.3, 0.4) is 0 Å². The van der Waals surface area contributed by atoms with Crippen LogP contribution >= 0.6 is 35.0 Å². The fourth-order valence-electron chi connectivity index (χ4n) is 2.15. The van der Waals surface area contributed by atoms with Gasteiger partial charge in [-0.1, -0.05) is 47.1 Å². The lowest BCUT2D eigenvalue weighted by molar-refractivity contribution is -0.115. The first-order chi connectivity index (χ1) is 12.4. The monoisotopic (exact) mass is 410 g/mol. The Labute approximate surface area is 163 Å². The Morgan fingerprint density at radius 3 is 2.62 bits per heavy atom. The Morgan fingerprint density at radius 1 is 1.23 bits per heavy atom. The summed E-state index contributed by atoms with van der Waals surface area (Å²) in [4.78, 5) is 16.6. The second-order valence-corrected chi connectivity index (χ2v) is 7.53. The van der Waals surface area contributed by atoms with E-state index in [9.17, 15) is 9.18 Å². The number of thioether (sulfide) groups is 1. The van der Waals surface area contributed by atoms with Crippen LogP contribution in [0.15, 0.2) is 47.6 Å². The first-order valence-corrected chi connectivity index (χ1v) is 9.17. The van der Waals surface area contributed by atoms with Crippen molar-refractivity contribution in [3.05, 3.63) is 58.3 Å². The number of rotatable bonds is 5. The number of carbonyl (C=O) groups excluding carboxylic acids is 1. The van der Waals surface area contributed by atoms with Crippen molar-refractivity contribution >= 4 is 46.6 Å².